The number of likely N-dealkylation sites (tertiary alicyclic amines) is 1. The monoisotopic (exact) mass is 503 g/mol. The summed E-state index contributed by atoms with van der Waals surface area (Å²) in [5.74, 6) is 1.32. The molecule has 0 aliphatic carbocycles. The van der Waals surface area contributed by atoms with Crippen LogP contribution in [-0.4, -0.2) is 76.2 Å². The number of thioether (sulfide) groups is 1. The van der Waals surface area contributed by atoms with E-state index in [0.717, 1.165) is 42.3 Å². The third-order valence-electron chi connectivity index (χ3n) is 6.77. The largest absolute Gasteiger partial charge is 0.495 e. The topological polar surface area (TPSA) is 70.2 Å². The van der Waals surface area contributed by atoms with E-state index < -0.39 is 10.0 Å². The van der Waals surface area contributed by atoms with Crippen LogP contribution in [0.3, 0.4) is 0 Å². The Morgan fingerprint density at radius 1 is 1.00 bits per heavy atom. The van der Waals surface area contributed by atoms with Gasteiger partial charge in [0, 0.05) is 44.2 Å². The third-order valence-corrected chi connectivity index (χ3v) is 9.46. The summed E-state index contributed by atoms with van der Waals surface area (Å²) in [7, 11) is -2.07. The Kier molecular flexibility index (Phi) is 7.74. The second-order valence-electron chi connectivity index (χ2n) is 8.90. The normalized spacial score (nSPS) is 18.2. The van der Waals surface area contributed by atoms with Crippen molar-refractivity contribution in [2.24, 2.45) is 5.92 Å². The molecule has 2 aromatic carbocycles. The molecule has 0 saturated carbocycles. The molecule has 0 bridgehead atoms. The van der Waals surface area contributed by atoms with Crippen LogP contribution < -0.4 is 9.64 Å². The first-order valence-electron chi connectivity index (χ1n) is 11.7. The van der Waals surface area contributed by atoms with E-state index in [1.165, 1.54) is 16.1 Å². The molecule has 0 radical (unpaired) electrons. The van der Waals surface area contributed by atoms with E-state index >= 15 is 0 Å². The van der Waals surface area contributed by atoms with Crippen LogP contribution >= 0.6 is 11.8 Å². The Morgan fingerprint density at radius 3 is 2.32 bits per heavy atom. The minimum absolute atomic E-state index is 0.0747. The van der Waals surface area contributed by atoms with Crippen molar-refractivity contribution in [2.75, 3.05) is 57.5 Å². The molecule has 2 aliphatic rings. The van der Waals surface area contributed by atoms with Crippen molar-refractivity contribution in [3.63, 3.8) is 0 Å². The number of hydrogen-bond donors (Lipinski definition) is 0. The lowest BCUT2D eigenvalue weighted by Gasteiger charge is -2.36. The van der Waals surface area contributed by atoms with Gasteiger partial charge in [-0.1, -0.05) is 19.1 Å². The summed E-state index contributed by atoms with van der Waals surface area (Å²) in [4.78, 5) is 18.3. The van der Waals surface area contributed by atoms with Gasteiger partial charge in [-0.2, -0.15) is 4.31 Å². The number of hydrogen-bond acceptors (Lipinski definition) is 6. The van der Waals surface area contributed by atoms with E-state index in [1.807, 2.05) is 35.4 Å². The fourth-order valence-electron chi connectivity index (χ4n) is 4.61. The van der Waals surface area contributed by atoms with Gasteiger partial charge < -0.3 is 14.5 Å². The number of benzene rings is 2. The van der Waals surface area contributed by atoms with Crippen molar-refractivity contribution in [1.82, 2.24) is 9.21 Å². The summed E-state index contributed by atoms with van der Waals surface area (Å²) < 4.78 is 34.0. The first kappa shape index (κ1) is 24.9. The Morgan fingerprint density at radius 2 is 1.68 bits per heavy atom. The van der Waals surface area contributed by atoms with Gasteiger partial charge in [0.25, 0.3) is 5.91 Å². The summed E-state index contributed by atoms with van der Waals surface area (Å²) in [5.41, 5.74) is 1.45. The van der Waals surface area contributed by atoms with E-state index in [-0.39, 0.29) is 10.8 Å². The highest BCUT2D eigenvalue weighted by molar-refractivity contribution is 7.98. The van der Waals surface area contributed by atoms with Crippen molar-refractivity contribution < 1.29 is 17.9 Å². The molecule has 7 nitrogen and oxygen atoms in total. The molecular weight excluding hydrogens is 470 g/mol. The van der Waals surface area contributed by atoms with Gasteiger partial charge in [0.1, 0.15) is 5.75 Å². The summed E-state index contributed by atoms with van der Waals surface area (Å²) in [6.45, 7) is 5.53. The second kappa shape index (κ2) is 10.6. The van der Waals surface area contributed by atoms with Crippen LogP contribution in [-0.2, 0) is 10.0 Å². The van der Waals surface area contributed by atoms with Crippen molar-refractivity contribution in [2.45, 2.75) is 29.6 Å². The minimum atomic E-state index is -3.71. The summed E-state index contributed by atoms with van der Waals surface area (Å²) in [6, 6.07) is 12.7. The summed E-state index contributed by atoms with van der Waals surface area (Å²) >= 11 is 1.47. The van der Waals surface area contributed by atoms with E-state index in [4.69, 9.17) is 4.74 Å². The number of sulfonamides is 1. The zero-order chi connectivity index (χ0) is 24.3. The SMILES string of the molecule is COc1ccccc1N1CCN(S(=O)(=O)c2ccc(SC)c(C(=O)N3CCC(C)CC3)c2)CC1. The quantitative estimate of drug-likeness (QED) is 0.559. The molecule has 0 unspecified atom stereocenters. The third kappa shape index (κ3) is 5.06. The fraction of sp³-hybridized carbons (Fsp3) is 0.480. The van der Waals surface area contributed by atoms with Crippen LogP contribution in [0.4, 0.5) is 5.69 Å². The Labute approximate surface area is 207 Å². The number of carbonyl (C=O) groups is 1. The molecule has 9 heteroatoms. The Bertz CT molecular complexity index is 1120. The number of para-hydroxylation sites is 2. The maximum Gasteiger partial charge on any atom is 0.255 e. The molecule has 2 fully saturated rings. The van der Waals surface area contributed by atoms with Crippen LogP contribution in [0.15, 0.2) is 52.3 Å². The second-order valence-corrected chi connectivity index (χ2v) is 11.7. The number of piperazine rings is 1. The summed E-state index contributed by atoms with van der Waals surface area (Å²) in [5, 5.41) is 0. The van der Waals surface area contributed by atoms with Crippen LogP contribution in [0.2, 0.25) is 0 Å². The number of ether oxygens (including phenoxy) is 1. The number of rotatable bonds is 6. The van der Waals surface area contributed by atoms with Gasteiger partial charge in [-0.15, -0.1) is 11.8 Å². The molecule has 34 heavy (non-hydrogen) atoms. The zero-order valence-corrected chi connectivity index (χ0v) is 21.7. The van der Waals surface area contributed by atoms with Gasteiger partial charge in [0.15, 0.2) is 0 Å². The number of carbonyl (C=O) groups excluding carboxylic acids is 1. The Hall–Kier alpha value is -2.23. The molecule has 2 aromatic rings. The number of nitrogens with zero attached hydrogens (tertiary/aromatic N) is 3. The van der Waals surface area contributed by atoms with Crippen molar-refractivity contribution in [3.8, 4) is 5.75 Å². The molecule has 0 N–H and O–H groups in total. The molecule has 2 heterocycles. The number of piperidine rings is 1. The first-order valence-corrected chi connectivity index (χ1v) is 14.4. The average molecular weight is 504 g/mol. The van der Waals surface area contributed by atoms with Crippen LogP contribution in [0, 0.1) is 5.92 Å². The lowest BCUT2D eigenvalue weighted by atomic mass is 9.98. The van der Waals surface area contributed by atoms with Crippen LogP contribution in [0.25, 0.3) is 0 Å². The minimum Gasteiger partial charge on any atom is -0.495 e. The van der Waals surface area contributed by atoms with Crippen molar-refractivity contribution in [3.05, 3.63) is 48.0 Å². The predicted molar refractivity (Wildman–Crippen MR) is 136 cm³/mol. The summed E-state index contributed by atoms with van der Waals surface area (Å²) in [6.07, 6.45) is 3.87. The molecule has 2 saturated heterocycles. The van der Waals surface area contributed by atoms with Gasteiger partial charge >= 0.3 is 0 Å². The van der Waals surface area contributed by atoms with Crippen molar-refractivity contribution >= 4 is 33.4 Å². The lowest BCUT2D eigenvalue weighted by molar-refractivity contribution is 0.0693. The highest BCUT2D eigenvalue weighted by Gasteiger charge is 2.31. The number of amides is 1. The van der Waals surface area contributed by atoms with Gasteiger partial charge in [0.05, 0.1) is 23.3 Å². The van der Waals surface area contributed by atoms with Gasteiger partial charge in [-0.25, -0.2) is 8.42 Å². The molecule has 4 rings (SSSR count). The van der Waals surface area contributed by atoms with E-state index in [2.05, 4.69) is 11.8 Å². The highest BCUT2D eigenvalue weighted by Crippen LogP contribution is 2.31. The van der Waals surface area contributed by atoms with Gasteiger partial charge in [0.2, 0.25) is 10.0 Å². The van der Waals surface area contributed by atoms with Crippen LogP contribution in [0.1, 0.15) is 30.1 Å². The van der Waals surface area contributed by atoms with Crippen molar-refractivity contribution in [1.29, 1.82) is 0 Å². The molecule has 0 aromatic heterocycles. The molecule has 0 atom stereocenters. The average Bonchev–Trinajstić information content (AvgIpc) is 2.88. The van der Waals surface area contributed by atoms with Gasteiger partial charge in [-0.05, 0) is 55.3 Å². The van der Waals surface area contributed by atoms with Gasteiger partial charge in [-0.3, -0.25) is 4.79 Å². The smallest absolute Gasteiger partial charge is 0.255 e. The Balaban J connectivity index is 1.52. The molecule has 2 aliphatic heterocycles. The van der Waals surface area contributed by atoms with E-state index in [1.54, 1.807) is 25.3 Å². The number of anilines is 1. The first-order chi connectivity index (χ1) is 16.3. The van der Waals surface area contributed by atoms with E-state index in [0.29, 0.717) is 37.7 Å². The molecule has 0 spiro atoms. The fourth-order valence-corrected chi connectivity index (χ4v) is 6.63. The lowest BCUT2D eigenvalue weighted by Crippen LogP contribution is -2.48. The number of methoxy groups -OCH3 is 1. The predicted octanol–water partition coefficient (Wildman–Crippen LogP) is 3.80. The van der Waals surface area contributed by atoms with Crippen LogP contribution in [0.5, 0.6) is 5.75 Å². The maximum absolute atomic E-state index is 13.5. The maximum atomic E-state index is 13.5. The highest BCUT2D eigenvalue weighted by atomic mass is 32.2. The molecule has 1 amide bonds. The molecule has 184 valence electrons. The standard InChI is InChI=1S/C25H33N3O4S2/c1-19-10-12-27(13-11-19)25(29)21-18-20(8-9-24(21)33-3)34(30,31)28-16-14-26(15-17-28)22-6-4-5-7-23(22)32-2/h4-9,18-19H,10-17H2,1-3H3. The molecular formula is C25H33N3O4S2. The zero-order valence-electron chi connectivity index (χ0n) is 20.1. The van der Waals surface area contributed by atoms with E-state index in [9.17, 15) is 13.2 Å².